The zero-order valence-electron chi connectivity index (χ0n) is 18.5. The average Bonchev–Trinajstić information content (AvgIpc) is 2.68. The van der Waals surface area contributed by atoms with Crippen molar-refractivity contribution in [2.24, 2.45) is 0 Å². The average molecular weight is 517 g/mol. The summed E-state index contributed by atoms with van der Waals surface area (Å²) in [5.41, 5.74) is -0.161. The molecular weight excluding hydrogens is 494 g/mol. The maximum absolute atomic E-state index is 13.7. The summed E-state index contributed by atoms with van der Waals surface area (Å²) in [6, 6.07) is 1.31. The quantitative estimate of drug-likeness (QED) is 0.281. The zero-order valence-corrected chi connectivity index (χ0v) is 20.9. The van der Waals surface area contributed by atoms with E-state index < -0.39 is 39.7 Å². The van der Waals surface area contributed by atoms with Crippen molar-refractivity contribution in [1.82, 2.24) is 15.3 Å². The minimum absolute atomic E-state index is 0.154. The number of rotatable bonds is 5. The number of carbonyl (C=O) groups excluding carboxylic acids is 3. The molecule has 2 heterocycles. The maximum Gasteiger partial charge on any atom is 0.326 e. The fourth-order valence-corrected chi connectivity index (χ4v) is 3.38. The van der Waals surface area contributed by atoms with Crippen molar-refractivity contribution in [2.75, 3.05) is 5.32 Å². The molecule has 2 aromatic rings. The molecule has 8 nitrogen and oxygen atoms in total. The Bertz CT molecular complexity index is 1090. The Hall–Kier alpha value is -2.43. The Morgan fingerprint density at radius 1 is 1.18 bits per heavy atom. The molecule has 2 rings (SSSR count). The first-order chi connectivity index (χ1) is 15.2. The van der Waals surface area contributed by atoms with Gasteiger partial charge in [-0.3, -0.25) is 19.9 Å². The number of hydrogen-bond donors (Lipinski definition) is 3. The molecule has 0 spiro atoms. The largest absolute Gasteiger partial charge is 0.459 e. The third-order valence-corrected chi connectivity index (χ3v) is 5.12. The van der Waals surface area contributed by atoms with Crippen LogP contribution in [0.5, 0.6) is 0 Å². The van der Waals surface area contributed by atoms with Gasteiger partial charge in [0.1, 0.15) is 16.0 Å². The lowest BCUT2D eigenvalue weighted by Crippen LogP contribution is -2.35. The molecule has 33 heavy (non-hydrogen) atoms. The highest BCUT2D eigenvalue weighted by atomic mass is 35.5. The van der Waals surface area contributed by atoms with Gasteiger partial charge >= 0.3 is 12.0 Å². The lowest BCUT2D eigenvalue weighted by atomic mass is 10.0. The van der Waals surface area contributed by atoms with Crippen LogP contribution in [0.15, 0.2) is 18.3 Å². The number of imide groups is 1. The number of amides is 3. The molecular formula is C21H23Cl2FN4O4S. The van der Waals surface area contributed by atoms with E-state index >= 15 is 0 Å². The second kappa shape index (κ2) is 10.7. The van der Waals surface area contributed by atoms with Gasteiger partial charge in [0.05, 0.1) is 16.9 Å². The van der Waals surface area contributed by atoms with Gasteiger partial charge in [-0.2, -0.15) is 12.6 Å². The highest BCUT2D eigenvalue weighted by molar-refractivity contribution is 7.81. The topological polar surface area (TPSA) is 110 Å². The number of hydrogen-bond acceptors (Lipinski definition) is 7. The van der Waals surface area contributed by atoms with E-state index in [0.29, 0.717) is 11.3 Å². The van der Waals surface area contributed by atoms with Crippen molar-refractivity contribution in [3.05, 3.63) is 51.3 Å². The normalized spacial score (nSPS) is 12.3. The minimum Gasteiger partial charge on any atom is -0.459 e. The minimum atomic E-state index is -1.04. The van der Waals surface area contributed by atoms with E-state index in [1.807, 2.05) is 19.2 Å². The van der Waals surface area contributed by atoms with Crippen molar-refractivity contribution in [3.8, 4) is 0 Å². The van der Waals surface area contributed by atoms with Crippen LogP contribution in [0, 0.1) is 5.82 Å². The van der Waals surface area contributed by atoms with E-state index in [1.54, 1.807) is 20.8 Å². The third-order valence-electron chi connectivity index (χ3n) is 4.08. The number of pyridine rings is 2. The molecule has 12 heteroatoms. The van der Waals surface area contributed by atoms with Gasteiger partial charge in [0, 0.05) is 11.8 Å². The number of urea groups is 1. The zero-order chi connectivity index (χ0) is 25.1. The molecule has 2 aromatic heterocycles. The van der Waals surface area contributed by atoms with Crippen LogP contribution in [0.3, 0.4) is 0 Å². The van der Waals surface area contributed by atoms with Crippen LogP contribution in [0.2, 0.25) is 10.3 Å². The molecule has 0 saturated heterocycles. The van der Waals surface area contributed by atoms with E-state index in [0.717, 1.165) is 6.07 Å². The van der Waals surface area contributed by atoms with Crippen molar-refractivity contribution >= 4 is 59.4 Å². The number of ether oxygens (including phenoxy) is 1. The monoisotopic (exact) mass is 516 g/mol. The van der Waals surface area contributed by atoms with Crippen molar-refractivity contribution in [2.45, 2.75) is 51.4 Å². The molecule has 0 aliphatic rings. The summed E-state index contributed by atoms with van der Waals surface area (Å²) in [7, 11) is 0. The van der Waals surface area contributed by atoms with Gasteiger partial charge in [-0.05, 0) is 38.8 Å². The van der Waals surface area contributed by atoms with E-state index in [4.69, 9.17) is 27.9 Å². The highest BCUT2D eigenvalue weighted by Gasteiger charge is 2.28. The number of thiol groups is 1. The second-order valence-electron chi connectivity index (χ2n) is 8.26. The predicted molar refractivity (Wildman–Crippen MR) is 127 cm³/mol. The molecule has 0 aromatic carbocycles. The first-order valence-electron chi connectivity index (χ1n) is 9.74. The molecule has 0 radical (unpaired) electrons. The summed E-state index contributed by atoms with van der Waals surface area (Å²) < 4.78 is 19.1. The van der Waals surface area contributed by atoms with Crippen LogP contribution < -0.4 is 10.6 Å². The van der Waals surface area contributed by atoms with Gasteiger partial charge < -0.3 is 10.1 Å². The Balaban J connectivity index is 2.33. The Labute approximate surface area is 206 Å². The fraction of sp³-hybridized carbons (Fsp3) is 0.381. The first-order valence-corrected chi connectivity index (χ1v) is 11.0. The smallest absolute Gasteiger partial charge is 0.326 e. The molecule has 1 atom stereocenters. The van der Waals surface area contributed by atoms with Crippen LogP contribution in [0.1, 0.15) is 67.4 Å². The van der Waals surface area contributed by atoms with Crippen LogP contribution >= 0.6 is 35.8 Å². The predicted octanol–water partition coefficient (Wildman–Crippen LogP) is 5.32. The van der Waals surface area contributed by atoms with Gasteiger partial charge in [0.25, 0.3) is 5.91 Å². The third kappa shape index (κ3) is 7.02. The number of carbonyl (C=O) groups is 3. The highest BCUT2D eigenvalue weighted by Crippen LogP contribution is 2.34. The number of nitrogens with one attached hydrogen (secondary N) is 2. The molecule has 0 aliphatic heterocycles. The summed E-state index contributed by atoms with van der Waals surface area (Å²) in [5.74, 6) is -2.76. The molecule has 0 aliphatic carbocycles. The van der Waals surface area contributed by atoms with E-state index in [2.05, 4.69) is 27.9 Å². The van der Waals surface area contributed by atoms with Crippen molar-refractivity contribution in [3.63, 3.8) is 0 Å². The molecule has 2 N–H and O–H groups in total. The molecule has 0 saturated carbocycles. The first kappa shape index (κ1) is 26.8. The number of aromatic nitrogens is 2. The molecule has 3 amide bonds. The summed E-state index contributed by atoms with van der Waals surface area (Å²) in [6.07, 6.45) is 1.48. The molecule has 178 valence electrons. The molecule has 0 bridgehead atoms. The number of esters is 1. The van der Waals surface area contributed by atoms with Crippen LogP contribution in [-0.2, 0) is 9.53 Å². The number of anilines is 1. The lowest BCUT2D eigenvalue weighted by Gasteiger charge is -2.24. The summed E-state index contributed by atoms with van der Waals surface area (Å²) in [6.45, 7) is 8.83. The van der Waals surface area contributed by atoms with Crippen LogP contribution in [0.4, 0.5) is 14.9 Å². The maximum atomic E-state index is 13.7. The molecule has 0 fully saturated rings. The number of halogens is 3. The van der Waals surface area contributed by atoms with Crippen LogP contribution in [-0.4, -0.2) is 33.5 Å². The van der Waals surface area contributed by atoms with Crippen molar-refractivity contribution < 1.29 is 23.5 Å². The Morgan fingerprint density at radius 2 is 1.82 bits per heavy atom. The van der Waals surface area contributed by atoms with Gasteiger partial charge in [-0.25, -0.2) is 14.2 Å². The summed E-state index contributed by atoms with van der Waals surface area (Å²) >= 11 is 15.7. The molecule has 1 unspecified atom stereocenters. The Kier molecular flexibility index (Phi) is 8.67. The van der Waals surface area contributed by atoms with Gasteiger partial charge in [0.2, 0.25) is 0 Å². The summed E-state index contributed by atoms with van der Waals surface area (Å²) in [4.78, 5) is 45.4. The van der Waals surface area contributed by atoms with Gasteiger partial charge in [-0.15, -0.1) is 0 Å². The lowest BCUT2D eigenvalue weighted by molar-refractivity contribution is -0.154. The van der Waals surface area contributed by atoms with E-state index in [-0.39, 0.29) is 22.3 Å². The summed E-state index contributed by atoms with van der Waals surface area (Å²) in [5, 5.41) is 2.64. The second-order valence-corrected chi connectivity index (χ2v) is 9.49. The van der Waals surface area contributed by atoms with Crippen molar-refractivity contribution in [1.29, 1.82) is 0 Å². The van der Waals surface area contributed by atoms with Gasteiger partial charge in [0.15, 0.2) is 11.0 Å². The van der Waals surface area contributed by atoms with E-state index in [9.17, 15) is 18.8 Å². The van der Waals surface area contributed by atoms with E-state index in [1.165, 1.54) is 12.3 Å². The Morgan fingerprint density at radius 3 is 2.39 bits per heavy atom. The fourth-order valence-electron chi connectivity index (χ4n) is 2.70. The van der Waals surface area contributed by atoms with Crippen LogP contribution in [0.25, 0.3) is 0 Å². The number of nitrogens with zero attached hydrogens (tertiary/aromatic N) is 2. The SMILES string of the molecule is CC(C)c1nccc(C(S)C(=O)OC(C)(C)C)c1NC(=O)NC(=O)c1cc(F)c(Cl)nc1Cl. The standard InChI is InChI=1S/C21H23Cl2FN4O4S/c1-9(2)13-14(10(6-7-25-13)15(33)19(30)32-21(3,4)5)26-20(31)28-18(29)11-8-12(24)17(23)27-16(11)22/h6-9,15,33H,1-5H3,(H2,26,28,29,31). The van der Waals surface area contributed by atoms with Gasteiger partial charge in [-0.1, -0.05) is 37.0 Å².